The number of amides is 1. The van der Waals surface area contributed by atoms with Crippen LogP contribution in [-0.4, -0.2) is 11.9 Å². The van der Waals surface area contributed by atoms with E-state index in [2.05, 4.69) is 5.32 Å². The summed E-state index contributed by atoms with van der Waals surface area (Å²) in [7, 11) is 0. The van der Waals surface area contributed by atoms with Gasteiger partial charge in [0.15, 0.2) is 0 Å². The summed E-state index contributed by atoms with van der Waals surface area (Å²) in [6.07, 6.45) is 0. The van der Waals surface area contributed by atoms with Crippen molar-refractivity contribution in [2.75, 3.05) is 5.32 Å². The molecule has 0 spiro atoms. The normalized spacial score (nSPS) is 12.3. The maximum Gasteiger partial charge on any atom is 0.241 e. The Kier molecular flexibility index (Phi) is 3.25. The highest BCUT2D eigenvalue weighted by atomic mass is 16.2. The SMILES string of the molecule is Cc1cccc(NC(=O)[C@@H](C)N)c1C. The van der Waals surface area contributed by atoms with Crippen LogP contribution in [0.5, 0.6) is 0 Å². The molecule has 3 heteroatoms. The zero-order valence-corrected chi connectivity index (χ0v) is 8.79. The van der Waals surface area contributed by atoms with Crippen LogP contribution in [0.15, 0.2) is 18.2 Å². The molecule has 0 aliphatic heterocycles. The molecule has 0 radical (unpaired) electrons. The Labute approximate surface area is 84.3 Å². The third-order valence-electron chi connectivity index (χ3n) is 2.28. The van der Waals surface area contributed by atoms with E-state index in [0.717, 1.165) is 16.8 Å². The number of benzene rings is 1. The van der Waals surface area contributed by atoms with Crippen LogP contribution in [0.1, 0.15) is 18.1 Å². The highest BCUT2D eigenvalue weighted by Crippen LogP contribution is 2.17. The van der Waals surface area contributed by atoms with Gasteiger partial charge in [0, 0.05) is 5.69 Å². The lowest BCUT2D eigenvalue weighted by molar-refractivity contribution is -0.117. The van der Waals surface area contributed by atoms with Crippen molar-refractivity contribution in [1.82, 2.24) is 0 Å². The maximum atomic E-state index is 11.3. The molecule has 1 amide bonds. The van der Waals surface area contributed by atoms with Crippen molar-refractivity contribution in [1.29, 1.82) is 0 Å². The van der Waals surface area contributed by atoms with E-state index < -0.39 is 6.04 Å². The smallest absolute Gasteiger partial charge is 0.241 e. The van der Waals surface area contributed by atoms with Gasteiger partial charge in [-0.05, 0) is 38.0 Å². The second kappa shape index (κ2) is 4.24. The second-order valence-electron chi connectivity index (χ2n) is 3.53. The van der Waals surface area contributed by atoms with E-state index >= 15 is 0 Å². The molecule has 76 valence electrons. The summed E-state index contributed by atoms with van der Waals surface area (Å²) in [6, 6.07) is 5.33. The average Bonchev–Trinajstić information content (AvgIpc) is 2.12. The van der Waals surface area contributed by atoms with E-state index in [-0.39, 0.29) is 5.91 Å². The topological polar surface area (TPSA) is 55.1 Å². The molecule has 0 heterocycles. The Morgan fingerprint density at radius 2 is 2.07 bits per heavy atom. The molecule has 1 atom stereocenters. The first kappa shape index (κ1) is 10.7. The number of rotatable bonds is 2. The van der Waals surface area contributed by atoms with Gasteiger partial charge in [0.25, 0.3) is 0 Å². The summed E-state index contributed by atoms with van der Waals surface area (Å²) in [6.45, 7) is 5.66. The van der Waals surface area contributed by atoms with Crippen molar-refractivity contribution < 1.29 is 4.79 Å². The number of carbonyl (C=O) groups is 1. The highest BCUT2D eigenvalue weighted by Gasteiger charge is 2.09. The Morgan fingerprint density at radius 3 is 2.64 bits per heavy atom. The third kappa shape index (κ3) is 2.33. The molecular formula is C11H16N2O. The number of carbonyl (C=O) groups excluding carboxylic acids is 1. The molecule has 3 nitrogen and oxygen atoms in total. The van der Waals surface area contributed by atoms with Crippen LogP contribution in [0.3, 0.4) is 0 Å². The number of hydrogen-bond acceptors (Lipinski definition) is 2. The van der Waals surface area contributed by atoms with Gasteiger partial charge in [0.2, 0.25) is 5.91 Å². The molecule has 0 bridgehead atoms. The first-order valence-electron chi connectivity index (χ1n) is 4.65. The van der Waals surface area contributed by atoms with Crippen LogP contribution in [0.2, 0.25) is 0 Å². The Balaban J connectivity index is 2.87. The van der Waals surface area contributed by atoms with Gasteiger partial charge >= 0.3 is 0 Å². The van der Waals surface area contributed by atoms with Gasteiger partial charge in [-0.2, -0.15) is 0 Å². The van der Waals surface area contributed by atoms with Gasteiger partial charge in [0.1, 0.15) is 0 Å². The highest BCUT2D eigenvalue weighted by molar-refractivity contribution is 5.95. The lowest BCUT2D eigenvalue weighted by Crippen LogP contribution is -2.32. The minimum atomic E-state index is -0.477. The third-order valence-corrected chi connectivity index (χ3v) is 2.28. The Hall–Kier alpha value is -1.35. The van der Waals surface area contributed by atoms with E-state index in [0.29, 0.717) is 0 Å². The molecule has 0 aromatic heterocycles. The summed E-state index contributed by atoms with van der Waals surface area (Å²) in [4.78, 5) is 11.3. The van der Waals surface area contributed by atoms with Crippen LogP contribution in [0, 0.1) is 13.8 Å². The molecular weight excluding hydrogens is 176 g/mol. The molecule has 1 aromatic carbocycles. The molecule has 0 unspecified atom stereocenters. The Bertz CT molecular complexity index is 345. The fourth-order valence-corrected chi connectivity index (χ4v) is 1.13. The average molecular weight is 192 g/mol. The number of hydrogen-bond donors (Lipinski definition) is 2. The minimum Gasteiger partial charge on any atom is -0.324 e. The second-order valence-corrected chi connectivity index (χ2v) is 3.53. The van der Waals surface area contributed by atoms with Crippen molar-refractivity contribution in [3.8, 4) is 0 Å². The van der Waals surface area contributed by atoms with E-state index in [1.54, 1.807) is 6.92 Å². The lowest BCUT2D eigenvalue weighted by atomic mass is 10.1. The van der Waals surface area contributed by atoms with Crippen molar-refractivity contribution >= 4 is 11.6 Å². The monoisotopic (exact) mass is 192 g/mol. The summed E-state index contributed by atoms with van der Waals surface area (Å²) in [5, 5.41) is 2.79. The zero-order valence-electron chi connectivity index (χ0n) is 8.79. The standard InChI is InChI=1S/C11H16N2O/c1-7-5-4-6-10(8(7)2)13-11(14)9(3)12/h4-6,9H,12H2,1-3H3,(H,13,14)/t9-/m1/s1. The van der Waals surface area contributed by atoms with Gasteiger partial charge in [-0.25, -0.2) is 0 Å². The molecule has 0 aliphatic carbocycles. The molecule has 14 heavy (non-hydrogen) atoms. The maximum absolute atomic E-state index is 11.3. The summed E-state index contributed by atoms with van der Waals surface area (Å²) >= 11 is 0. The van der Waals surface area contributed by atoms with Crippen LogP contribution in [0.4, 0.5) is 5.69 Å². The van der Waals surface area contributed by atoms with Crippen molar-refractivity contribution in [3.05, 3.63) is 29.3 Å². The molecule has 0 saturated carbocycles. The van der Waals surface area contributed by atoms with Crippen LogP contribution < -0.4 is 11.1 Å². The molecule has 1 rings (SSSR count). The molecule has 0 aliphatic rings. The van der Waals surface area contributed by atoms with E-state index in [1.807, 2.05) is 32.0 Å². The van der Waals surface area contributed by atoms with Crippen LogP contribution in [0.25, 0.3) is 0 Å². The van der Waals surface area contributed by atoms with Gasteiger partial charge in [0.05, 0.1) is 6.04 Å². The van der Waals surface area contributed by atoms with Crippen molar-refractivity contribution in [2.45, 2.75) is 26.8 Å². The van der Waals surface area contributed by atoms with E-state index in [4.69, 9.17) is 5.73 Å². The largest absolute Gasteiger partial charge is 0.324 e. The number of anilines is 1. The van der Waals surface area contributed by atoms with Crippen molar-refractivity contribution in [2.24, 2.45) is 5.73 Å². The molecule has 0 saturated heterocycles. The van der Waals surface area contributed by atoms with Crippen LogP contribution in [-0.2, 0) is 4.79 Å². The number of nitrogens with two attached hydrogens (primary N) is 1. The fraction of sp³-hybridized carbons (Fsp3) is 0.364. The van der Waals surface area contributed by atoms with Crippen molar-refractivity contribution in [3.63, 3.8) is 0 Å². The predicted molar refractivity (Wildman–Crippen MR) is 58.2 cm³/mol. The fourth-order valence-electron chi connectivity index (χ4n) is 1.13. The summed E-state index contributed by atoms with van der Waals surface area (Å²) in [5.41, 5.74) is 8.54. The van der Waals surface area contributed by atoms with E-state index in [9.17, 15) is 4.79 Å². The molecule has 0 fully saturated rings. The van der Waals surface area contributed by atoms with Gasteiger partial charge in [-0.1, -0.05) is 12.1 Å². The lowest BCUT2D eigenvalue weighted by Gasteiger charge is -2.11. The predicted octanol–water partition coefficient (Wildman–Crippen LogP) is 1.59. The number of nitrogens with one attached hydrogen (secondary N) is 1. The van der Waals surface area contributed by atoms with Gasteiger partial charge < -0.3 is 11.1 Å². The molecule has 1 aromatic rings. The summed E-state index contributed by atoms with van der Waals surface area (Å²) < 4.78 is 0. The first-order chi connectivity index (χ1) is 6.52. The zero-order chi connectivity index (χ0) is 10.7. The summed E-state index contributed by atoms with van der Waals surface area (Å²) in [5.74, 6) is -0.154. The Morgan fingerprint density at radius 1 is 1.43 bits per heavy atom. The van der Waals surface area contributed by atoms with Crippen LogP contribution >= 0.6 is 0 Å². The van der Waals surface area contributed by atoms with Gasteiger partial charge in [-0.3, -0.25) is 4.79 Å². The van der Waals surface area contributed by atoms with E-state index in [1.165, 1.54) is 0 Å². The van der Waals surface area contributed by atoms with Gasteiger partial charge in [-0.15, -0.1) is 0 Å². The molecule has 3 N–H and O–H groups in total. The quantitative estimate of drug-likeness (QED) is 0.747. The minimum absolute atomic E-state index is 0.154. The first-order valence-corrected chi connectivity index (χ1v) is 4.65. The number of aryl methyl sites for hydroxylation is 1.